The number of methoxy groups -OCH3 is 1. The Labute approximate surface area is 236 Å². The first-order valence-corrected chi connectivity index (χ1v) is 17.6. The Hall–Kier alpha value is -0.130. The first kappa shape index (κ1) is 35.9. The van der Waals surface area contributed by atoms with Crippen LogP contribution in [0.4, 0.5) is 4.79 Å². The number of unbranched alkanes of at least 4 members (excludes halogenated alkanes) is 16. The van der Waals surface area contributed by atoms with Crippen LogP contribution in [0.1, 0.15) is 122 Å². The Morgan fingerprint density at radius 3 is 1.75 bits per heavy atom. The van der Waals surface area contributed by atoms with Crippen molar-refractivity contribution in [2.75, 3.05) is 37.0 Å². The average molecular weight is 647 g/mol. The zero-order valence-electron chi connectivity index (χ0n) is 23.2. The number of carbonyl (C=O) groups is 1. The van der Waals surface area contributed by atoms with E-state index in [0.717, 1.165) is 23.7 Å². The number of hydrogen-bond acceptors (Lipinski definition) is 5. The van der Waals surface area contributed by atoms with E-state index in [0.29, 0.717) is 13.0 Å². The van der Waals surface area contributed by atoms with Gasteiger partial charge in [0.05, 0.1) is 5.75 Å². The van der Waals surface area contributed by atoms with Gasteiger partial charge < -0.3 is 14.8 Å². The summed E-state index contributed by atoms with van der Waals surface area (Å²) in [5, 5.41) is 2.76. The molecule has 0 saturated carbocycles. The molecular formula is C27H55IN2O5S. The van der Waals surface area contributed by atoms with Crippen molar-refractivity contribution in [3.63, 3.8) is 0 Å². The third kappa shape index (κ3) is 25.5. The molecule has 0 aliphatic rings. The highest BCUT2D eigenvalue weighted by Gasteiger charge is 2.16. The second-order valence-electron chi connectivity index (χ2n) is 9.75. The molecule has 0 radical (unpaired) electrons. The molecule has 1 atom stereocenters. The van der Waals surface area contributed by atoms with Crippen molar-refractivity contribution in [3.05, 3.63) is 0 Å². The Morgan fingerprint density at radius 1 is 0.778 bits per heavy atom. The molecule has 0 aromatic rings. The number of hydrogen-bond donors (Lipinski definition) is 2. The Morgan fingerprint density at radius 2 is 1.28 bits per heavy atom. The molecule has 0 aliphatic heterocycles. The van der Waals surface area contributed by atoms with E-state index in [1.165, 1.54) is 97.0 Å². The number of alkyl halides is 1. The molecule has 0 rings (SSSR count). The van der Waals surface area contributed by atoms with Crippen LogP contribution < -0.4 is 10.0 Å². The summed E-state index contributed by atoms with van der Waals surface area (Å²) in [6, 6.07) is 0. The van der Waals surface area contributed by atoms with Gasteiger partial charge in [-0.3, -0.25) is 0 Å². The summed E-state index contributed by atoms with van der Waals surface area (Å²) in [4.78, 5) is 11.9. The van der Waals surface area contributed by atoms with E-state index in [1.54, 1.807) is 0 Å². The van der Waals surface area contributed by atoms with Crippen LogP contribution in [-0.2, 0) is 19.5 Å². The maximum absolute atomic E-state index is 12.0. The third-order valence-electron chi connectivity index (χ3n) is 6.36. The van der Waals surface area contributed by atoms with Crippen LogP contribution in [0.25, 0.3) is 0 Å². The van der Waals surface area contributed by atoms with E-state index in [2.05, 4.69) is 39.6 Å². The van der Waals surface area contributed by atoms with Crippen LogP contribution in [0.3, 0.4) is 0 Å². The normalized spacial score (nSPS) is 12.5. The molecule has 0 saturated heterocycles. The van der Waals surface area contributed by atoms with Crippen LogP contribution in [0.15, 0.2) is 0 Å². The number of amides is 1. The highest BCUT2D eigenvalue weighted by molar-refractivity contribution is 14.1. The van der Waals surface area contributed by atoms with Crippen LogP contribution >= 0.6 is 22.6 Å². The smallest absolute Gasteiger partial charge is 0.407 e. The van der Waals surface area contributed by atoms with Gasteiger partial charge in [-0.25, -0.2) is 17.9 Å². The molecule has 0 bridgehead atoms. The first-order chi connectivity index (χ1) is 17.4. The largest absolute Gasteiger partial charge is 0.447 e. The van der Waals surface area contributed by atoms with Crippen molar-refractivity contribution >= 4 is 38.7 Å². The zero-order chi connectivity index (χ0) is 26.7. The Kier molecular flexibility index (Phi) is 26.4. The minimum Gasteiger partial charge on any atom is -0.447 e. The maximum Gasteiger partial charge on any atom is 0.407 e. The van der Waals surface area contributed by atoms with Gasteiger partial charge in [-0.15, -0.1) is 0 Å². The van der Waals surface area contributed by atoms with E-state index in [9.17, 15) is 13.2 Å². The standard InChI is InChI=1S/C27H55IN2O5S/c1-3-4-5-6-7-8-9-10-11-12-13-14-15-16-17-19-22-29-27(31)35-25-26(34-2)24-30-36(32,33)23-20-18-21-28/h26,30H,3-25H2,1-2H3,(H,29,31). The van der Waals surface area contributed by atoms with Crippen molar-refractivity contribution < 1.29 is 22.7 Å². The summed E-state index contributed by atoms with van der Waals surface area (Å²) in [7, 11) is -1.85. The number of rotatable bonds is 27. The zero-order valence-corrected chi connectivity index (χ0v) is 26.1. The number of sulfonamides is 1. The molecular weight excluding hydrogens is 591 g/mol. The van der Waals surface area contributed by atoms with Gasteiger partial charge in [0, 0.05) is 20.2 Å². The fraction of sp³-hybridized carbons (Fsp3) is 0.963. The fourth-order valence-electron chi connectivity index (χ4n) is 3.97. The van der Waals surface area contributed by atoms with E-state index in [1.807, 2.05) is 0 Å². The molecule has 1 unspecified atom stereocenters. The van der Waals surface area contributed by atoms with E-state index >= 15 is 0 Å². The van der Waals surface area contributed by atoms with Crippen molar-refractivity contribution in [1.29, 1.82) is 0 Å². The fourth-order valence-corrected chi connectivity index (χ4v) is 5.68. The van der Waals surface area contributed by atoms with Gasteiger partial charge in [-0.2, -0.15) is 0 Å². The van der Waals surface area contributed by atoms with Crippen LogP contribution in [0.5, 0.6) is 0 Å². The van der Waals surface area contributed by atoms with Crippen LogP contribution in [-0.4, -0.2) is 57.6 Å². The molecule has 36 heavy (non-hydrogen) atoms. The number of ether oxygens (including phenoxy) is 2. The van der Waals surface area contributed by atoms with Gasteiger partial charge >= 0.3 is 6.09 Å². The van der Waals surface area contributed by atoms with Gasteiger partial charge in [0.1, 0.15) is 12.7 Å². The lowest BCUT2D eigenvalue weighted by atomic mass is 10.0. The topological polar surface area (TPSA) is 93.7 Å². The van der Waals surface area contributed by atoms with Crippen LogP contribution in [0, 0.1) is 0 Å². The van der Waals surface area contributed by atoms with Crippen molar-refractivity contribution in [3.8, 4) is 0 Å². The third-order valence-corrected chi connectivity index (χ3v) is 8.56. The molecule has 7 nitrogen and oxygen atoms in total. The Bertz CT molecular complexity index is 593. The molecule has 0 aromatic heterocycles. The molecule has 216 valence electrons. The minimum absolute atomic E-state index is 0.0115. The van der Waals surface area contributed by atoms with Gasteiger partial charge in [0.15, 0.2) is 0 Å². The molecule has 1 amide bonds. The minimum atomic E-state index is -3.33. The van der Waals surface area contributed by atoms with Gasteiger partial charge in [0.2, 0.25) is 10.0 Å². The van der Waals surface area contributed by atoms with Crippen LogP contribution in [0.2, 0.25) is 0 Å². The highest BCUT2D eigenvalue weighted by atomic mass is 127. The lowest BCUT2D eigenvalue weighted by molar-refractivity contribution is 0.0384. The predicted molar refractivity (Wildman–Crippen MR) is 160 cm³/mol. The van der Waals surface area contributed by atoms with E-state index < -0.39 is 22.2 Å². The second-order valence-corrected chi connectivity index (χ2v) is 12.8. The monoisotopic (exact) mass is 646 g/mol. The van der Waals surface area contributed by atoms with Gasteiger partial charge in [0.25, 0.3) is 0 Å². The lowest BCUT2D eigenvalue weighted by Crippen LogP contribution is -2.38. The SMILES string of the molecule is CCCCCCCCCCCCCCCCCCNC(=O)OCC(CNS(=O)(=O)CCCCI)OC. The molecule has 0 aromatic carbocycles. The average Bonchev–Trinajstić information content (AvgIpc) is 2.86. The van der Waals surface area contributed by atoms with Crippen molar-refractivity contribution in [2.24, 2.45) is 0 Å². The quantitative estimate of drug-likeness (QED) is 0.0563. The maximum atomic E-state index is 12.0. The number of halogens is 1. The van der Waals surface area contributed by atoms with Gasteiger partial charge in [-0.05, 0) is 23.7 Å². The summed E-state index contributed by atoms with van der Waals surface area (Å²) >= 11 is 2.23. The molecule has 2 N–H and O–H groups in total. The van der Waals surface area contributed by atoms with Crippen molar-refractivity contribution in [2.45, 2.75) is 129 Å². The number of carbonyl (C=O) groups excluding carboxylic acids is 1. The second kappa shape index (κ2) is 26.5. The highest BCUT2D eigenvalue weighted by Crippen LogP contribution is 2.13. The Balaban J connectivity index is 3.52. The lowest BCUT2D eigenvalue weighted by Gasteiger charge is -2.16. The molecule has 0 heterocycles. The first-order valence-electron chi connectivity index (χ1n) is 14.4. The summed E-state index contributed by atoms with van der Waals surface area (Å²) < 4.78 is 37.8. The molecule has 0 aliphatic carbocycles. The summed E-state index contributed by atoms with van der Waals surface area (Å²) in [5.74, 6) is 0.104. The van der Waals surface area contributed by atoms with Crippen molar-refractivity contribution in [1.82, 2.24) is 10.0 Å². The summed E-state index contributed by atoms with van der Waals surface area (Å²) in [6.07, 6.45) is 21.7. The molecule has 0 fully saturated rings. The molecule has 0 spiro atoms. The summed E-state index contributed by atoms with van der Waals surface area (Å²) in [6.45, 7) is 2.97. The molecule has 9 heteroatoms. The van der Waals surface area contributed by atoms with E-state index in [4.69, 9.17) is 9.47 Å². The number of alkyl carbamates (subject to hydrolysis) is 1. The van der Waals surface area contributed by atoms with E-state index in [-0.39, 0.29) is 18.9 Å². The number of nitrogens with one attached hydrogen (secondary N) is 2. The predicted octanol–water partition coefficient (Wildman–Crippen LogP) is 7.12. The summed E-state index contributed by atoms with van der Waals surface area (Å²) in [5.41, 5.74) is 0. The van der Waals surface area contributed by atoms with Gasteiger partial charge in [-0.1, -0.05) is 126 Å².